The van der Waals surface area contributed by atoms with Gasteiger partial charge in [0.05, 0.1) is 11.7 Å². The maximum absolute atomic E-state index is 14.4. The zero-order valence-corrected chi connectivity index (χ0v) is 21.7. The van der Waals surface area contributed by atoms with E-state index in [-0.39, 0.29) is 11.1 Å². The van der Waals surface area contributed by atoms with Crippen LogP contribution in [0.5, 0.6) is 0 Å². The minimum atomic E-state index is -4.89. The molecular weight excluding hydrogens is 531 g/mol. The molecule has 0 saturated heterocycles. The van der Waals surface area contributed by atoms with E-state index in [0.29, 0.717) is 24.0 Å². The predicted octanol–water partition coefficient (Wildman–Crippen LogP) is 5.78. The highest BCUT2D eigenvalue weighted by molar-refractivity contribution is 5.83. The highest BCUT2D eigenvalue weighted by atomic mass is 19.4. The van der Waals surface area contributed by atoms with Gasteiger partial charge in [-0.05, 0) is 55.4 Å². The molecule has 0 radical (unpaired) electrons. The highest BCUT2D eigenvalue weighted by Crippen LogP contribution is 2.42. The van der Waals surface area contributed by atoms with E-state index in [1.165, 1.54) is 43.3 Å². The Labute approximate surface area is 222 Å². The fourth-order valence-corrected chi connectivity index (χ4v) is 4.26. The molecule has 2 aromatic carbocycles. The third-order valence-electron chi connectivity index (χ3n) is 6.78. The lowest BCUT2D eigenvalue weighted by molar-refractivity contribution is -0.267. The summed E-state index contributed by atoms with van der Waals surface area (Å²) < 4.78 is 96.7. The summed E-state index contributed by atoms with van der Waals surface area (Å²) in [4.78, 5) is 12.7. The molecule has 5 N–H and O–H groups in total. The summed E-state index contributed by atoms with van der Waals surface area (Å²) >= 11 is 0. The molecule has 1 unspecified atom stereocenters. The molecule has 1 saturated carbocycles. The number of carbonyl (C=O) groups is 1. The van der Waals surface area contributed by atoms with Gasteiger partial charge in [-0.15, -0.1) is 0 Å². The molecule has 1 amide bonds. The fourth-order valence-electron chi connectivity index (χ4n) is 4.26. The van der Waals surface area contributed by atoms with Gasteiger partial charge < -0.3 is 16.2 Å². The zero-order valence-electron chi connectivity index (χ0n) is 21.7. The fraction of sp³-hybridized carbons (Fsp3) is 0.519. The Morgan fingerprint density at radius 1 is 0.949 bits per heavy atom. The Bertz CT molecular complexity index is 1140. The van der Waals surface area contributed by atoms with Crippen molar-refractivity contribution in [2.24, 2.45) is 5.73 Å². The molecule has 1 fully saturated rings. The van der Waals surface area contributed by atoms with E-state index >= 15 is 0 Å². The van der Waals surface area contributed by atoms with Crippen molar-refractivity contribution in [3.05, 3.63) is 59.7 Å². The normalized spacial score (nSPS) is 18.7. The molecule has 1 aliphatic carbocycles. The lowest BCUT2D eigenvalue weighted by Gasteiger charge is -2.30. The van der Waals surface area contributed by atoms with E-state index in [9.17, 15) is 40.6 Å². The summed E-state index contributed by atoms with van der Waals surface area (Å²) in [7, 11) is 0. The first-order chi connectivity index (χ1) is 17.8. The van der Waals surface area contributed by atoms with Gasteiger partial charge in [0.1, 0.15) is 11.7 Å². The molecule has 216 valence electrons. The highest BCUT2D eigenvalue weighted by Gasteiger charge is 2.53. The Balaban J connectivity index is 1.86. The molecule has 3 atom stereocenters. The maximum atomic E-state index is 14.4. The molecule has 1 aliphatic rings. The SMILES string of the molecule is CCC(O)(c1ccc(-c2ccc([C@H](N[C@@H](CC(C)(C)F)C(=O)NC3(N)CC3)C(F)(F)F)cc2)cc1)C(F)(F)F. The first-order valence-electron chi connectivity index (χ1n) is 12.4. The molecule has 39 heavy (non-hydrogen) atoms. The maximum Gasteiger partial charge on any atom is 0.421 e. The van der Waals surface area contributed by atoms with Crippen LogP contribution in [-0.2, 0) is 10.4 Å². The van der Waals surface area contributed by atoms with E-state index in [1.807, 2.05) is 0 Å². The molecule has 5 nitrogen and oxygen atoms in total. The smallest absolute Gasteiger partial charge is 0.376 e. The Hall–Kier alpha value is -2.70. The van der Waals surface area contributed by atoms with Crippen LogP contribution in [0.25, 0.3) is 11.1 Å². The van der Waals surface area contributed by atoms with Crippen molar-refractivity contribution in [3.8, 4) is 11.1 Å². The van der Waals surface area contributed by atoms with Crippen LogP contribution in [0.1, 0.15) is 63.6 Å². The number of halogens is 7. The molecule has 0 bridgehead atoms. The minimum Gasteiger partial charge on any atom is -0.376 e. The van der Waals surface area contributed by atoms with Crippen molar-refractivity contribution >= 4 is 5.91 Å². The standard InChI is InChI=1S/C27H32F7N3O2/c1-4-25(39,27(32,33)34)19-11-9-17(10-12-19)16-5-7-18(8-6-16)21(26(29,30)31)36-20(15-23(2,3)28)22(38)37-24(35)13-14-24/h5-12,20-21,36,39H,4,13-15,35H2,1-3H3,(H,37,38)/t20-,21-,25?/m0/s1. The van der Waals surface area contributed by atoms with Crippen molar-refractivity contribution in [1.29, 1.82) is 0 Å². The number of benzene rings is 2. The van der Waals surface area contributed by atoms with Crippen LogP contribution in [0.4, 0.5) is 30.7 Å². The molecule has 3 rings (SSSR count). The number of alkyl halides is 7. The van der Waals surface area contributed by atoms with Gasteiger partial charge in [-0.1, -0.05) is 55.5 Å². The zero-order chi connectivity index (χ0) is 29.4. The number of nitrogens with one attached hydrogen (secondary N) is 2. The van der Waals surface area contributed by atoms with Crippen LogP contribution in [0.3, 0.4) is 0 Å². The Morgan fingerprint density at radius 2 is 1.44 bits per heavy atom. The number of amides is 1. The number of rotatable bonds is 10. The van der Waals surface area contributed by atoms with Crippen LogP contribution in [-0.4, -0.2) is 40.7 Å². The van der Waals surface area contributed by atoms with Gasteiger partial charge in [-0.3, -0.25) is 10.1 Å². The molecule has 12 heteroatoms. The van der Waals surface area contributed by atoms with Gasteiger partial charge in [-0.25, -0.2) is 4.39 Å². The minimum absolute atomic E-state index is 0.247. The van der Waals surface area contributed by atoms with Gasteiger partial charge in [-0.2, -0.15) is 26.3 Å². The summed E-state index contributed by atoms with van der Waals surface area (Å²) in [6, 6.07) is 6.11. The van der Waals surface area contributed by atoms with Crippen molar-refractivity contribution < 1.29 is 40.6 Å². The summed E-state index contributed by atoms with van der Waals surface area (Å²) in [6.07, 6.45) is -9.94. The largest absolute Gasteiger partial charge is 0.421 e. The molecule has 0 aliphatic heterocycles. The van der Waals surface area contributed by atoms with E-state index in [4.69, 9.17) is 5.73 Å². The van der Waals surface area contributed by atoms with Crippen molar-refractivity contribution in [3.63, 3.8) is 0 Å². The second-order valence-corrected chi connectivity index (χ2v) is 10.7. The van der Waals surface area contributed by atoms with E-state index < -0.39 is 60.1 Å². The van der Waals surface area contributed by atoms with Gasteiger partial charge >= 0.3 is 12.4 Å². The van der Waals surface area contributed by atoms with Crippen LogP contribution >= 0.6 is 0 Å². The monoisotopic (exact) mass is 563 g/mol. The van der Waals surface area contributed by atoms with E-state index in [2.05, 4.69) is 10.6 Å². The second-order valence-electron chi connectivity index (χ2n) is 10.7. The first kappa shape index (κ1) is 30.8. The summed E-state index contributed by atoms with van der Waals surface area (Å²) in [5.41, 5.74) is 0.102. The average molecular weight is 564 g/mol. The van der Waals surface area contributed by atoms with Crippen molar-refractivity contribution in [2.75, 3.05) is 0 Å². The van der Waals surface area contributed by atoms with Gasteiger partial charge in [0.2, 0.25) is 5.91 Å². The first-order valence-corrected chi connectivity index (χ1v) is 12.4. The van der Waals surface area contributed by atoms with Crippen LogP contribution in [0.15, 0.2) is 48.5 Å². The third-order valence-corrected chi connectivity index (χ3v) is 6.78. The summed E-state index contributed by atoms with van der Waals surface area (Å²) in [5, 5.41) is 14.8. The number of carbonyl (C=O) groups excluding carboxylic acids is 1. The molecule has 2 aromatic rings. The van der Waals surface area contributed by atoms with E-state index in [0.717, 1.165) is 26.0 Å². The van der Waals surface area contributed by atoms with Gasteiger partial charge in [0.15, 0.2) is 5.60 Å². The molecular formula is C27H32F7N3O2. The van der Waals surface area contributed by atoms with Crippen molar-refractivity contribution in [2.45, 2.75) is 87.8 Å². The number of aliphatic hydroxyl groups is 1. The van der Waals surface area contributed by atoms with Gasteiger partial charge in [0, 0.05) is 6.42 Å². The third kappa shape index (κ3) is 7.49. The lowest BCUT2D eigenvalue weighted by atomic mass is 9.89. The number of nitrogens with two attached hydrogens (primary N) is 1. The predicted molar refractivity (Wildman–Crippen MR) is 132 cm³/mol. The summed E-state index contributed by atoms with van der Waals surface area (Å²) in [5.74, 6) is -0.836. The second kappa shape index (κ2) is 10.7. The Morgan fingerprint density at radius 3 is 1.82 bits per heavy atom. The van der Waals surface area contributed by atoms with E-state index in [1.54, 1.807) is 0 Å². The Kier molecular flexibility index (Phi) is 8.46. The van der Waals surface area contributed by atoms with Gasteiger partial charge in [0.25, 0.3) is 0 Å². The summed E-state index contributed by atoms with van der Waals surface area (Å²) in [6.45, 7) is 3.51. The topological polar surface area (TPSA) is 87.4 Å². The molecule has 0 heterocycles. The number of hydrogen-bond acceptors (Lipinski definition) is 4. The quantitative estimate of drug-likeness (QED) is 0.218. The number of hydrogen-bond donors (Lipinski definition) is 4. The average Bonchev–Trinajstić information content (AvgIpc) is 3.55. The molecule has 0 aromatic heterocycles. The van der Waals surface area contributed by atoms with Crippen molar-refractivity contribution in [1.82, 2.24) is 10.6 Å². The van der Waals surface area contributed by atoms with Crippen LogP contribution < -0.4 is 16.4 Å². The lowest BCUT2D eigenvalue weighted by Crippen LogP contribution is -2.55. The van der Waals surface area contributed by atoms with Crippen LogP contribution in [0, 0.1) is 0 Å². The molecule has 0 spiro atoms. The van der Waals surface area contributed by atoms with Crippen LogP contribution in [0.2, 0.25) is 0 Å².